The summed E-state index contributed by atoms with van der Waals surface area (Å²) in [4.78, 5) is 15.5. The van der Waals surface area contributed by atoms with Crippen molar-refractivity contribution in [2.75, 3.05) is 13.1 Å². The van der Waals surface area contributed by atoms with Crippen molar-refractivity contribution < 1.29 is 9.90 Å². The van der Waals surface area contributed by atoms with Gasteiger partial charge in [-0.15, -0.1) is 11.3 Å². The Morgan fingerprint density at radius 2 is 1.96 bits per heavy atom. The summed E-state index contributed by atoms with van der Waals surface area (Å²) in [7, 11) is 0. The van der Waals surface area contributed by atoms with E-state index in [9.17, 15) is 9.90 Å². The van der Waals surface area contributed by atoms with Crippen molar-refractivity contribution in [2.24, 2.45) is 0 Å². The van der Waals surface area contributed by atoms with E-state index in [1.54, 1.807) is 34.4 Å². The van der Waals surface area contributed by atoms with Gasteiger partial charge in [0.1, 0.15) is 0 Å². The molecular weight excluding hydrogens is 370 g/mol. The molecule has 7 heteroatoms. The van der Waals surface area contributed by atoms with E-state index >= 15 is 0 Å². The van der Waals surface area contributed by atoms with Crippen LogP contribution in [-0.4, -0.2) is 39.2 Å². The van der Waals surface area contributed by atoms with Crippen LogP contribution in [0.15, 0.2) is 47.8 Å². The van der Waals surface area contributed by atoms with Crippen LogP contribution in [-0.2, 0) is 5.60 Å². The van der Waals surface area contributed by atoms with Crippen LogP contribution in [0.4, 0.5) is 0 Å². The number of aromatic nitrogens is 2. The zero-order chi connectivity index (χ0) is 18.1. The molecule has 1 aliphatic heterocycles. The summed E-state index contributed by atoms with van der Waals surface area (Å²) in [5.74, 6) is -0.109. The molecule has 4 rings (SSSR count). The predicted molar refractivity (Wildman–Crippen MR) is 102 cm³/mol. The number of carbonyl (C=O) groups is 1. The minimum atomic E-state index is -0.922. The van der Waals surface area contributed by atoms with Gasteiger partial charge in [0.05, 0.1) is 16.2 Å². The van der Waals surface area contributed by atoms with Crippen molar-refractivity contribution in [1.29, 1.82) is 0 Å². The van der Waals surface area contributed by atoms with Crippen LogP contribution in [0.5, 0.6) is 0 Å². The Morgan fingerprint density at radius 1 is 1.23 bits per heavy atom. The van der Waals surface area contributed by atoms with Gasteiger partial charge >= 0.3 is 0 Å². The summed E-state index contributed by atoms with van der Waals surface area (Å²) in [6.07, 6.45) is 0.977. The quantitative estimate of drug-likeness (QED) is 0.715. The largest absolute Gasteiger partial charge is 0.385 e. The molecule has 134 valence electrons. The maximum absolute atomic E-state index is 12.7. The molecule has 1 saturated heterocycles. The zero-order valence-corrected chi connectivity index (χ0v) is 15.6. The lowest BCUT2D eigenvalue weighted by Crippen LogP contribution is -2.45. The van der Waals surface area contributed by atoms with E-state index in [4.69, 9.17) is 11.6 Å². The van der Waals surface area contributed by atoms with E-state index in [1.807, 2.05) is 29.6 Å². The van der Waals surface area contributed by atoms with Crippen LogP contribution in [0.1, 0.15) is 28.9 Å². The molecule has 0 bridgehead atoms. The standard InChI is InChI=1S/C19H18ClN3O2S/c20-14-5-3-13(4-6-14)19(25)7-9-23(10-8-19)18(24)16-12-15(21-22-16)17-2-1-11-26-17/h1-6,11-12,25H,7-10H2,(H,21,22). The lowest BCUT2D eigenvalue weighted by Gasteiger charge is -2.38. The van der Waals surface area contributed by atoms with Gasteiger partial charge in [0.2, 0.25) is 0 Å². The normalized spacial score (nSPS) is 16.6. The number of nitrogens with one attached hydrogen (secondary N) is 1. The van der Waals surface area contributed by atoms with Crippen LogP contribution in [0.25, 0.3) is 10.6 Å². The monoisotopic (exact) mass is 387 g/mol. The summed E-state index contributed by atoms with van der Waals surface area (Å²) >= 11 is 7.52. The zero-order valence-electron chi connectivity index (χ0n) is 14.0. The van der Waals surface area contributed by atoms with Gasteiger partial charge in [0, 0.05) is 18.1 Å². The second-order valence-electron chi connectivity index (χ2n) is 6.47. The third-order valence-corrected chi connectivity index (χ3v) is 6.00. The van der Waals surface area contributed by atoms with E-state index in [2.05, 4.69) is 10.2 Å². The minimum absolute atomic E-state index is 0.109. The van der Waals surface area contributed by atoms with Crippen LogP contribution < -0.4 is 0 Å². The third-order valence-electron chi connectivity index (χ3n) is 4.84. The molecule has 0 aliphatic carbocycles. The van der Waals surface area contributed by atoms with Gasteiger partial charge in [0.15, 0.2) is 5.69 Å². The molecule has 2 aromatic heterocycles. The highest BCUT2D eigenvalue weighted by molar-refractivity contribution is 7.13. The molecule has 1 fully saturated rings. The molecule has 0 saturated carbocycles. The lowest BCUT2D eigenvalue weighted by molar-refractivity contribution is -0.0212. The van der Waals surface area contributed by atoms with Crippen LogP contribution >= 0.6 is 22.9 Å². The van der Waals surface area contributed by atoms with E-state index in [0.29, 0.717) is 36.6 Å². The number of carbonyl (C=O) groups excluding carboxylic acids is 1. The topological polar surface area (TPSA) is 69.2 Å². The van der Waals surface area contributed by atoms with Crippen LogP contribution in [0.3, 0.4) is 0 Å². The number of benzene rings is 1. The predicted octanol–water partition coefficient (Wildman–Crippen LogP) is 3.92. The number of hydrogen-bond acceptors (Lipinski definition) is 4. The number of hydrogen-bond donors (Lipinski definition) is 2. The number of amides is 1. The van der Waals surface area contributed by atoms with E-state index < -0.39 is 5.60 Å². The van der Waals surface area contributed by atoms with Crippen molar-refractivity contribution in [3.63, 3.8) is 0 Å². The van der Waals surface area contributed by atoms with E-state index in [0.717, 1.165) is 16.1 Å². The van der Waals surface area contributed by atoms with Gasteiger partial charge < -0.3 is 10.0 Å². The Bertz CT molecular complexity index is 897. The first kappa shape index (κ1) is 17.3. The average molecular weight is 388 g/mol. The summed E-state index contributed by atoms with van der Waals surface area (Å²) in [5, 5.41) is 20.7. The molecule has 0 atom stereocenters. The molecule has 3 aromatic rings. The van der Waals surface area contributed by atoms with Gasteiger partial charge in [-0.1, -0.05) is 29.8 Å². The summed E-state index contributed by atoms with van der Waals surface area (Å²) in [6, 6.07) is 13.0. The number of likely N-dealkylation sites (tertiary alicyclic amines) is 1. The Labute approximate surface area is 160 Å². The smallest absolute Gasteiger partial charge is 0.274 e. The molecule has 5 nitrogen and oxygen atoms in total. The number of thiophene rings is 1. The first-order valence-corrected chi connectivity index (χ1v) is 9.68. The fourth-order valence-electron chi connectivity index (χ4n) is 3.28. The number of aliphatic hydroxyl groups is 1. The third kappa shape index (κ3) is 3.28. The second kappa shape index (κ2) is 6.87. The Morgan fingerprint density at radius 3 is 2.62 bits per heavy atom. The highest BCUT2D eigenvalue weighted by Gasteiger charge is 2.36. The number of nitrogens with zero attached hydrogens (tertiary/aromatic N) is 2. The maximum Gasteiger partial charge on any atom is 0.274 e. The van der Waals surface area contributed by atoms with E-state index in [1.165, 1.54) is 0 Å². The summed E-state index contributed by atoms with van der Waals surface area (Å²) in [6.45, 7) is 0.971. The molecule has 26 heavy (non-hydrogen) atoms. The fourth-order valence-corrected chi connectivity index (χ4v) is 4.10. The summed E-state index contributed by atoms with van der Waals surface area (Å²) < 4.78 is 0. The van der Waals surface area contributed by atoms with Gasteiger partial charge in [0.25, 0.3) is 5.91 Å². The highest BCUT2D eigenvalue weighted by atomic mass is 35.5. The molecule has 0 radical (unpaired) electrons. The number of halogens is 1. The Hall–Kier alpha value is -2.15. The molecular formula is C19H18ClN3O2S. The molecule has 2 N–H and O–H groups in total. The maximum atomic E-state index is 12.7. The van der Waals surface area contributed by atoms with Crippen LogP contribution in [0.2, 0.25) is 5.02 Å². The van der Waals surface area contributed by atoms with Gasteiger partial charge in [-0.2, -0.15) is 5.10 Å². The SMILES string of the molecule is O=C(c1cc(-c2cccs2)[nH]n1)N1CCC(O)(c2ccc(Cl)cc2)CC1. The van der Waals surface area contributed by atoms with Crippen molar-refractivity contribution in [1.82, 2.24) is 15.1 Å². The molecule has 1 amide bonds. The van der Waals surface area contributed by atoms with Crippen molar-refractivity contribution in [3.8, 4) is 10.6 Å². The van der Waals surface area contributed by atoms with Crippen molar-refractivity contribution >= 4 is 28.8 Å². The van der Waals surface area contributed by atoms with Gasteiger partial charge in [-0.3, -0.25) is 9.89 Å². The van der Waals surface area contributed by atoms with Crippen molar-refractivity contribution in [3.05, 3.63) is 64.1 Å². The first-order valence-electron chi connectivity index (χ1n) is 8.42. The fraction of sp³-hybridized carbons (Fsp3) is 0.263. The second-order valence-corrected chi connectivity index (χ2v) is 7.86. The van der Waals surface area contributed by atoms with Crippen LogP contribution in [0, 0.1) is 0 Å². The van der Waals surface area contributed by atoms with Gasteiger partial charge in [-0.25, -0.2) is 0 Å². The lowest BCUT2D eigenvalue weighted by atomic mass is 9.84. The van der Waals surface area contributed by atoms with E-state index in [-0.39, 0.29) is 5.91 Å². The Kier molecular flexibility index (Phi) is 4.56. The average Bonchev–Trinajstić information content (AvgIpc) is 3.34. The molecule has 0 spiro atoms. The molecule has 3 heterocycles. The molecule has 0 unspecified atom stereocenters. The number of rotatable bonds is 3. The molecule has 1 aromatic carbocycles. The first-order chi connectivity index (χ1) is 12.5. The highest BCUT2D eigenvalue weighted by Crippen LogP contribution is 2.34. The Balaban J connectivity index is 1.44. The number of H-pyrrole nitrogens is 1. The molecule has 1 aliphatic rings. The minimum Gasteiger partial charge on any atom is -0.385 e. The number of piperidine rings is 1. The summed E-state index contributed by atoms with van der Waals surface area (Å²) in [5.41, 5.74) is 1.17. The van der Waals surface area contributed by atoms with Crippen molar-refractivity contribution in [2.45, 2.75) is 18.4 Å². The van der Waals surface area contributed by atoms with Gasteiger partial charge in [-0.05, 0) is 48.1 Å². The number of aromatic amines is 1.